The molecule has 0 saturated heterocycles. The Morgan fingerprint density at radius 1 is 1.45 bits per heavy atom. The van der Waals surface area contributed by atoms with Gasteiger partial charge >= 0.3 is 5.97 Å². The van der Waals surface area contributed by atoms with Crippen LogP contribution < -0.4 is 0 Å². The highest BCUT2D eigenvalue weighted by Gasteiger charge is 2.25. The first-order valence-corrected chi connectivity index (χ1v) is 8.42. The number of carboxylic acids is 1. The lowest BCUT2D eigenvalue weighted by molar-refractivity contribution is -0.138. The van der Waals surface area contributed by atoms with Crippen molar-refractivity contribution < 1.29 is 9.90 Å². The van der Waals surface area contributed by atoms with Crippen LogP contribution in [0.3, 0.4) is 0 Å². The summed E-state index contributed by atoms with van der Waals surface area (Å²) in [6.07, 6.45) is 0.527. The van der Waals surface area contributed by atoms with E-state index in [2.05, 4.69) is 20.9 Å². The number of hydrogen-bond donors (Lipinski definition) is 1. The van der Waals surface area contributed by atoms with Gasteiger partial charge < -0.3 is 5.11 Å². The number of nitrogens with zero attached hydrogens (tertiary/aromatic N) is 1. The molecule has 0 aliphatic carbocycles. The van der Waals surface area contributed by atoms with Gasteiger partial charge in [-0.2, -0.15) is 0 Å². The zero-order chi connectivity index (χ0) is 14.7. The van der Waals surface area contributed by atoms with Crippen molar-refractivity contribution in [3.05, 3.63) is 39.9 Å². The molecule has 1 aromatic heterocycles. The van der Waals surface area contributed by atoms with Gasteiger partial charge in [0.05, 0.1) is 11.6 Å². The molecule has 0 aliphatic rings. The summed E-state index contributed by atoms with van der Waals surface area (Å²) in [4.78, 5) is 16.8. The summed E-state index contributed by atoms with van der Waals surface area (Å²) in [6, 6.07) is 7.40. The van der Waals surface area contributed by atoms with Crippen LogP contribution in [0.5, 0.6) is 0 Å². The summed E-state index contributed by atoms with van der Waals surface area (Å²) in [5.41, 5.74) is 1.61. The number of benzene rings is 1. The number of thiazole rings is 1. The van der Waals surface area contributed by atoms with Gasteiger partial charge in [-0.1, -0.05) is 46.6 Å². The molecule has 1 unspecified atom stereocenters. The van der Waals surface area contributed by atoms with Crippen LogP contribution in [0.1, 0.15) is 29.8 Å². The minimum absolute atomic E-state index is 0.527. The largest absolute Gasteiger partial charge is 0.481 e. The molecule has 2 rings (SSSR count). The second kappa shape index (κ2) is 6.70. The summed E-state index contributed by atoms with van der Waals surface area (Å²) in [6.45, 7) is 1.86. The van der Waals surface area contributed by atoms with Gasteiger partial charge in [-0.3, -0.25) is 4.79 Å². The standard InChI is InChI=1S/C14H13BrClNO2S/c1-2-10(14(18)19)12-11(7-15)20-13(17-12)8-3-5-9(16)6-4-8/h3-6,10H,2,7H2,1H3,(H,18,19). The molecule has 1 N–H and O–H groups in total. The van der Waals surface area contributed by atoms with E-state index in [9.17, 15) is 9.90 Å². The highest BCUT2D eigenvalue weighted by molar-refractivity contribution is 9.08. The van der Waals surface area contributed by atoms with Crippen LogP contribution in [0.2, 0.25) is 5.02 Å². The first-order valence-electron chi connectivity index (χ1n) is 6.11. The first-order chi connectivity index (χ1) is 9.56. The van der Waals surface area contributed by atoms with E-state index < -0.39 is 11.9 Å². The maximum absolute atomic E-state index is 11.3. The molecule has 0 bridgehead atoms. The molecule has 0 fully saturated rings. The van der Waals surface area contributed by atoms with Gasteiger partial charge in [0.1, 0.15) is 5.01 Å². The van der Waals surface area contributed by atoms with Crippen LogP contribution in [0.4, 0.5) is 0 Å². The van der Waals surface area contributed by atoms with Crippen LogP contribution in [0.15, 0.2) is 24.3 Å². The van der Waals surface area contributed by atoms with Crippen molar-refractivity contribution in [3.63, 3.8) is 0 Å². The predicted molar refractivity (Wildman–Crippen MR) is 85.9 cm³/mol. The van der Waals surface area contributed by atoms with Gasteiger partial charge in [-0.25, -0.2) is 4.98 Å². The monoisotopic (exact) mass is 373 g/mol. The van der Waals surface area contributed by atoms with Crippen LogP contribution in [0, 0.1) is 0 Å². The summed E-state index contributed by atoms with van der Waals surface area (Å²) in [7, 11) is 0. The Bertz CT molecular complexity index is 612. The van der Waals surface area contributed by atoms with Crippen LogP contribution in [-0.2, 0) is 10.1 Å². The average molecular weight is 375 g/mol. The smallest absolute Gasteiger partial charge is 0.312 e. The Labute approximate surface area is 134 Å². The summed E-state index contributed by atoms with van der Waals surface area (Å²) in [5.74, 6) is -1.39. The molecule has 1 aromatic carbocycles. The molecular formula is C14H13BrClNO2S. The number of hydrogen-bond acceptors (Lipinski definition) is 3. The number of carbonyl (C=O) groups is 1. The highest BCUT2D eigenvalue weighted by Crippen LogP contribution is 2.34. The maximum atomic E-state index is 11.3. The molecule has 106 valence electrons. The van der Waals surface area contributed by atoms with Crippen molar-refractivity contribution in [2.24, 2.45) is 0 Å². The minimum atomic E-state index is -0.831. The van der Waals surface area contributed by atoms with Crippen molar-refractivity contribution in [1.29, 1.82) is 0 Å². The molecular weight excluding hydrogens is 362 g/mol. The third-order valence-electron chi connectivity index (χ3n) is 2.98. The molecule has 0 amide bonds. The Hall–Kier alpha value is -0.910. The number of aromatic nitrogens is 1. The summed E-state index contributed by atoms with van der Waals surface area (Å²) in [5, 5.41) is 11.4. The van der Waals surface area contributed by atoms with Gasteiger partial charge in [0.15, 0.2) is 0 Å². The summed E-state index contributed by atoms with van der Waals surface area (Å²) >= 11 is 10.8. The fraction of sp³-hybridized carbons (Fsp3) is 0.286. The molecule has 2 aromatic rings. The van der Waals surface area contributed by atoms with Crippen molar-refractivity contribution in [2.45, 2.75) is 24.6 Å². The zero-order valence-corrected chi connectivity index (χ0v) is 13.9. The lowest BCUT2D eigenvalue weighted by Gasteiger charge is -2.07. The van der Waals surface area contributed by atoms with Gasteiger partial charge in [0, 0.05) is 20.8 Å². The van der Waals surface area contributed by atoms with E-state index in [1.807, 2.05) is 19.1 Å². The first kappa shape index (κ1) is 15.5. The second-order valence-corrected chi connectivity index (χ2v) is 6.35. The molecule has 6 heteroatoms. The SMILES string of the molecule is CCC(C(=O)O)c1nc(-c2ccc(Cl)cc2)sc1CBr. The van der Waals surface area contributed by atoms with E-state index >= 15 is 0 Å². The second-order valence-electron chi connectivity index (χ2n) is 4.27. The molecule has 1 heterocycles. The zero-order valence-electron chi connectivity index (χ0n) is 10.8. The number of halogens is 2. The van der Waals surface area contributed by atoms with Gasteiger partial charge in [-0.05, 0) is 18.6 Å². The number of aliphatic carboxylic acids is 1. The van der Waals surface area contributed by atoms with Crippen molar-refractivity contribution in [3.8, 4) is 10.6 Å². The number of alkyl halides is 1. The van der Waals surface area contributed by atoms with E-state index in [1.54, 1.807) is 12.1 Å². The maximum Gasteiger partial charge on any atom is 0.312 e. The third kappa shape index (κ3) is 3.22. The van der Waals surface area contributed by atoms with Crippen LogP contribution in [0.25, 0.3) is 10.6 Å². The topological polar surface area (TPSA) is 50.2 Å². The lowest BCUT2D eigenvalue weighted by atomic mass is 10.0. The molecule has 1 atom stereocenters. The lowest BCUT2D eigenvalue weighted by Crippen LogP contribution is -2.12. The minimum Gasteiger partial charge on any atom is -0.481 e. The molecule has 3 nitrogen and oxygen atoms in total. The summed E-state index contributed by atoms with van der Waals surface area (Å²) < 4.78 is 0. The fourth-order valence-electron chi connectivity index (χ4n) is 1.93. The van der Waals surface area contributed by atoms with Crippen molar-refractivity contribution in [2.75, 3.05) is 0 Å². The molecule has 0 radical (unpaired) electrons. The van der Waals surface area contributed by atoms with Crippen molar-refractivity contribution >= 4 is 44.8 Å². The molecule has 0 aliphatic heterocycles. The quantitative estimate of drug-likeness (QED) is 0.754. The van der Waals surface area contributed by atoms with Gasteiger partial charge in [0.2, 0.25) is 0 Å². The van der Waals surface area contributed by atoms with E-state index in [0.29, 0.717) is 22.5 Å². The van der Waals surface area contributed by atoms with E-state index in [4.69, 9.17) is 11.6 Å². The van der Waals surface area contributed by atoms with E-state index in [-0.39, 0.29) is 0 Å². The Morgan fingerprint density at radius 2 is 2.10 bits per heavy atom. The Balaban J connectivity index is 2.45. The van der Waals surface area contributed by atoms with Crippen LogP contribution >= 0.6 is 38.9 Å². The molecule has 0 spiro atoms. The molecule has 20 heavy (non-hydrogen) atoms. The van der Waals surface area contributed by atoms with Crippen molar-refractivity contribution in [1.82, 2.24) is 4.98 Å². The number of rotatable bonds is 5. The van der Waals surface area contributed by atoms with Gasteiger partial charge in [0.25, 0.3) is 0 Å². The third-order valence-corrected chi connectivity index (χ3v) is 5.28. The Morgan fingerprint density at radius 3 is 2.60 bits per heavy atom. The van der Waals surface area contributed by atoms with Crippen LogP contribution in [-0.4, -0.2) is 16.1 Å². The predicted octanol–water partition coefficient (Wildman–Crippen LogP) is 4.94. The molecule has 0 saturated carbocycles. The van der Waals surface area contributed by atoms with Gasteiger partial charge in [-0.15, -0.1) is 11.3 Å². The van der Waals surface area contributed by atoms with E-state index in [0.717, 1.165) is 15.4 Å². The average Bonchev–Trinajstić information content (AvgIpc) is 2.84. The van der Waals surface area contributed by atoms with E-state index in [1.165, 1.54) is 11.3 Å². The highest BCUT2D eigenvalue weighted by atomic mass is 79.9. The number of carboxylic acid groups (broad SMARTS) is 1. The normalized spacial score (nSPS) is 12.3. The Kier molecular flexibility index (Phi) is 5.18. The fourth-order valence-corrected chi connectivity index (χ4v) is 3.67.